The van der Waals surface area contributed by atoms with E-state index in [4.69, 9.17) is 14.2 Å². The molecule has 0 aromatic heterocycles. The molecular weight excluding hydrogens is 486 g/mol. The van der Waals surface area contributed by atoms with Crippen LogP contribution in [0.5, 0.6) is 11.5 Å². The van der Waals surface area contributed by atoms with E-state index < -0.39 is 11.9 Å². The van der Waals surface area contributed by atoms with Gasteiger partial charge in [-0.15, -0.1) is 0 Å². The second-order valence-electron chi connectivity index (χ2n) is 8.06. The summed E-state index contributed by atoms with van der Waals surface area (Å²) >= 11 is 3.63. The quantitative estimate of drug-likeness (QED) is 0.538. The SMILES string of the molecule is COc1cc(Br)c([C@H]2C(C(=O)OCc3ccccc3)=C(C)NC3=C2C(=O)CCC3)cc1OC. The normalized spacial score (nSPS) is 17.9. The van der Waals surface area contributed by atoms with E-state index in [9.17, 15) is 9.59 Å². The minimum absolute atomic E-state index is 0.0382. The summed E-state index contributed by atoms with van der Waals surface area (Å²) in [6, 6.07) is 13.1. The number of rotatable bonds is 6. The summed E-state index contributed by atoms with van der Waals surface area (Å²) in [6.45, 7) is 2.00. The van der Waals surface area contributed by atoms with Gasteiger partial charge >= 0.3 is 5.97 Å². The molecule has 4 rings (SSSR count). The van der Waals surface area contributed by atoms with E-state index in [-0.39, 0.29) is 12.4 Å². The summed E-state index contributed by atoms with van der Waals surface area (Å²) in [5.41, 5.74) is 4.25. The molecule has 0 saturated heterocycles. The van der Waals surface area contributed by atoms with E-state index in [1.807, 2.05) is 43.3 Å². The summed E-state index contributed by atoms with van der Waals surface area (Å²) in [5.74, 6) is 0.0812. The molecule has 2 aromatic rings. The van der Waals surface area contributed by atoms with Crippen molar-refractivity contribution in [3.8, 4) is 11.5 Å². The summed E-state index contributed by atoms with van der Waals surface area (Å²) in [6.07, 6.45) is 1.99. The van der Waals surface area contributed by atoms with E-state index in [0.29, 0.717) is 34.8 Å². The fourth-order valence-corrected chi connectivity index (χ4v) is 5.01. The number of carbonyl (C=O) groups is 2. The van der Waals surface area contributed by atoms with E-state index in [1.54, 1.807) is 20.3 Å². The maximum Gasteiger partial charge on any atom is 0.337 e. The highest BCUT2D eigenvalue weighted by Gasteiger charge is 2.40. The van der Waals surface area contributed by atoms with Gasteiger partial charge in [-0.3, -0.25) is 4.79 Å². The van der Waals surface area contributed by atoms with Crippen LogP contribution in [0.15, 0.2) is 69.5 Å². The van der Waals surface area contributed by atoms with Gasteiger partial charge in [0.25, 0.3) is 0 Å². The average Bonchev–Trinajstić information content (AvgIpc) is 2.82. The Morgan fingerprint density at radius 2 is 1.79 bits per heavy atom. The van der Waals surface area contributed by atoms with Crippen LogP contribution in [-0.4, -0.2) is 26.0 Å². The zero-order valence-corrected chi connectivity index (χ0v) is 20.5. The Kier molecular flexibility index (Phi) is 6.88. The van der Waals surface area contributed by atoms with E-state index in [0.717, 1.165) is 34.1 Å². The minimum atomic E-state index is -0.577. The lowest BCUT2D eigenvalue weighted by Gasteiger charge is -2.34. The maximum atomic E-state index is 13.4. The number of halogens is 1. The molecule has 2 aromatic carbocycles. The Hall–Kier alpha value is -3.06. The van der Waals surface area contributed by atoms with Gasteiger partial charge in [-0.1, -0.05) is 46.3 Å². The molecule has 1 aliphatic heterocycles. The van der Waals surface area contributed by atoms with Gasteiger partial charge in [-0.05, 0) is 43.0 Å². The van der Waals surface area contributed by atoms with Crippen LogP contribution < -0.4 is 14.8 Å². The number of esters is 1. The van der Waals surface area contributed by atoms with Crippen molar-refractivity contribution < 1.29 is 23.8 Å². The van der Waals surface area contributed by atoms with Crippen LogP contribution in [0.25, 0.3) is 0 Å². The summed E-state index contributed by atoms with van der Waals surface area (Å²) < 4.78 is 17.4. The van der Waals surface area contributed by atoms with Gasteiger partial charge in [-0.25, -0.2) is 4.79 Å². The molecule has 0 bridgehead atoms. The fraction of sp³-hybridized carbons (Fsp3) is 0.308. The number of allylic oxidation sites excluding steroid dienone is 3. The number of nitrogens with one attached hydrogen (secondary N) is 1. The summed E-state index contributed by atoms with van der Waals surface area (Å²) in [5, 5.41) is 3.31. The molecule has 0 radical (unpaired) electrons. The number of hydrogen-bond acceptors (Lipinski definition) is 6. The number of ether oxygens (including phenoxy) is 3. The van der Waals surface area contributed by atoms with Gasteiger partial charge in [-0.2, -0.15) is 0 Å². The van der Waals surface area contributed by atoms with Crippen molar-refractivity contribution in [3.05, 3.63) is 80.6 Å². The van der Waals surface area contributed by atoms with Gasteiger partial charge in [0.15, 0.2) is 17.3 Å². The molecule has 0 saturated carbocycles. The molecule has 1 N–H and O–H groups in total. The number of hydrogen-bond donors (Lipinski definition) is 1. The Bertz CT molecular complexity index is 1150. The molecule has 7 heteroatoms. The monoisotopic (exact) mass is 511 g/mol. The summed E-state index contributed by atoms with van der Waals surface area (Å²) in [4.78, 5) is 26.5. The zero-order valence-electron chi connectivity index (χ0n) is 18.9. The lowest BCUT2D eigenvalue weighted by atomic mass is 9.75. The van der Waals surface area contributed by atoms with E-state index >= 15 is 0 Å². The van der Waals surface area contributed by atoms with Gasteiger partial charge in [0, 0.05) is 33.8 Å². The van der Waals surface area contributed by atoms with Crippen LogP contribution >= 0.6 is 15.9 Å². The number of ketones is 1. The number of methoxy groups -OCH3 is 2. The molecule has 0 spiro atoms. The van der Waals surface area contributed by atoms with Crippen molar-refractivity contribution in [1.82, 2.24) is 5.32 Å². The third-order valence-electron chi connectivity index (χ3n) is 6.02. The first-order valence-corrected chi connectivity index (χ1v) is 11.6. The molecule has 6 nitrogen and oxygen atoms in total. The third kappa shape index (κ3) is 4.55. The maximum absolute atomic E-state index is 13.4. The second-order valence-corrected chi connectivity index (χ2v) is 8.91. The predicted octanol–water partition coefficient (Wildman–Crippen LogP) is 5.18. The molecule has 0 amide bonds. The van der Waals surface area contributed by atoms with E-state index in [1.165, 1.54) is 0 Å². The molecule has 1 atom stereocenters. The minimum Gasteiger partial charge on any atom is -0.493 e. The Morgan fingerprint density at radius 3 is 2.48 bits per heavy atom. The van der Waals surface area contributed by atoms with Crippen molar-refractivity contribution in [3.63, 3.8) is 0 Å². The lowest BCUT2D eigenvalue weighted by Crippen LogP contribution is -2.34. The molecular formula is C26H26BrNO5. The van der Waals surface area contributed by atoms with Crippen LogP contribution in [-0.2, 0) is 20.9 Å². The number of dihydropyridines is 1. The molecule has 0 unspecified atom stereocenters. The number of benzene rings is 2. The lowest BCUT2D eigenvalue weighted by molar-refractivity contribution is -0.140. The van der Waals surface area contributed by atoms with Crippen LogP contribution in [0.4, 0.5) is 0 Å². The highest BCUT2D eigenvalue weighted by Crippen LogP contribution is 2.47. The average molecular weight is 512 g/mol. The standard InChI is InChI=1S/C26H26BrNO5/c1-15-23(26(30)33-14-16-8-5-4-6-9-16)24(25-19(28-15)10-7-11-20(25)29)17-12-21(31-2)22(32-3)13-18(17)27/h4-6,8-9,12-13,24,28H,7,10-11,14H2,1-3H3/t24-/m0/s1. The van der Waals surface area contributed by atoms with Gasteiger partial charge < -0.3 is 19.5 Å². The Morgan fingerprint density at radius 1 is 1.09 bits per heavy atom. The smallest absolute Gasteiger partial charge is 0.337 e. The first kappa shape index (κ1) is 23.1. The predicted molar refractivity (Wildman–Crippen MR) is 128 cm³/mol. The van der Waals surface area contributed by atoms with Gasteiger partial charge in [0.1, 0.15) is 6.61 Å². The largest absolute Gasteiger partial charge is 0.493 e. The molecule has 1 aliphatic carbocycles. The Balaban J connectivity index is 1.79. The van der Waals surface area contributed by atoms with Crippen LogP contribution in [0.2, 0.25) is 0 Å². The number of carbonyl (C=O) groups excluding carboxylic acids is 2. The third-order valence-corrected chi connectivity index (χ3v) is 6.71. The number of Topliss-reactive ketones (excluding diaryl/α,β-unsaturated/α-hetero) is 1. The highest BCUT2D eigenvalue weighted by molar-refractivity contribution is 9.10. The Labute approximate surface area is 201 Å². The van der Waals surface area contributed by atoms with Crippen molar-refractivity contribution in [1.29, 1.82) is 0 Å². The van der Waals surface area contributed by atoms with Crippen LogP contribution in [0, 0.1) is 0 Å². The first-order valence-electron chi connectivity index (χ1n) is 10.8. The van der Waals surface area contributed by atoms with Crippen molar-refractivity contribution in [2.75, 3.05) is 14.2 Å². The van der Waals surface area contributed by atoms with Crippen molar-refractivity contribution in [2.45, 2.75) is 38.7 Å². The van der Waals surface area contributed by atoms with Crippen molar-refractivity contribution >= 4 is 27.7 Å². The molecule has 0 fully saturated rings. The topological polar surface area (TPSA) is 73.9 Å². The summed E-state index contributed by atoms with van der Waals surface area (Å²) in [7, 11) is 3.13. The van der Waals surface area contributed by atoms with Crippen LogP contribution in [0.1, 0.15) is 43.2 Å². The molecule has 1 heterocycles. The molecule has 2 aliphatic rings. The van der Waals surface area contributed by atoms with E-state index in [2.05, 4.69) is 21.2 Å². The zero-order chi connectivity index (χ0) is 23.5. The highest BCUT2D eigenvalue weighted by atomic mass is 79.9. The fourth-order valence-electron chi connectivity index (χ4n) is 4.46. The second kappa shape index (κ2) is 9.83. The van der Waals surface area contributed by atoms with Gasteiger partial charge in [0.2, 0.25) is 0 Å². The van der Waals surface area contributed by atoms with Gasteiger partial charge in [0.05, 0.1) is 19.8 Å². The van der Waals surface area contributed by atoms with Crippen LogP contribution in [0.3, 0.4) is 0 Å². The first-order chi connectivity index (χ1) is 15.9. The van der Waals surface area contributed by atoms with Crippen molar-refractivity contribution in [2.24, 2.45) is 0 Å². The molecule has 172 valence electrons. The molecule has 33 heavy (non-hydrogen) atoms.